The fraction of sp³-hybridized carbons (Fsp3) is 0.148. The molecule has 0 fully saturated rings. The predicted molar refractivity (Wildman–Crippen MR) is 130 cm³/mol. The van der Waals surface area contributed by atoms with Crippen LogP contribution in [0.5, 0.6) is 5.75 Å². The number of ether oxygens (including phenoxy) is 1. The Morgan fingerprint density at radius 1 is 0.939 bits per heavy atom. The van der Waals surface area contributed by atoms with E-state index in [1.165, 1.54) is 12.5 Å². The van der Waals surface area contributed by atoms with Crippen molar-refractivity contribution < 1.29 is 14.3 Å². The van der Waals surface area contributed by atoms with E-state index >= 15 is 0 Å². The van der Waals surface area contributed by atoms with Gasteiger partial charge in [-0.1, -0.05) is 0 Å². The van der Waals surface area contributed by atoms with Gasteiger partial charge in [0.05, 0.1) is 12.6 Å². The third-order valence-corrected chi connectivity index (χ3v) is 5.93. The number of anilines is 3. The van der Waals surface area contributed by atoms with Crippen molar-refractivity contribution in [1.29, 1.82) is 0 Å². The number of hydrogen-bond acceptors (Lipinski definition) is 5. The van der Waals surface area contributed by atoms with Crippen LogP contribution in [0.25, 0.3) is 10.9 Å². The Kier molecular flexibility index (Phi) is 5.26. The van der Waals surface area contributed by atoms with Gasteiger partial charge in [0, 0.05) is 40.5 Å². The highest BCUT2D eigenvalue weighted by Gasteiger charge is 2.23. The second kappa shape index (κ2) is 8.39. The van der Waals surface area contributed by atoms with Crippen molar-refractivity contribution in [3.05, 3.63) is 89.5 Å². The number of amides is 1. The number of ketones is 1. The molecule has 2 heterocycles. The molecule has 0 spiro atoms. The number of hydrogen-bond donors (Lipinski definition) is 1. The van der Waals surface area contributed by atoms with Crippen molar-refractivity contribution in [3.63, 3.8) is 0 Å². The Bertz CT molecular complexity index is 1360. The minimum absolute atomic E-state index is 0.00595. The van der Waals surface area contributed by atoms with Gasteiger partial charge in [-0.25, -0.2) is 4.98 Å². The van der Waals surface area contributed by atoms with E-state index in [1.807, 2.05) is 42.5 Å². The Morgan fingerprint density at radius 3 is 2.36 bits per heavy atom. The van der Waals surface area contributed by atoms with E-state index in [2.05, 4.69) is 16.3 Å². The number of aromatic nitrogens is 1. The van der Waals surface area contributed by atoms with Gasteiger partial charge in [-0.15, -0.1) is 0 Å². The van der Waals surface area contributed by atoms with Crippen LogP contribution in [0.3, 0.4) is 0 Å². The van der Waals surface area contributed by atoms with Gasteiger partial charge in [-0.05, 0) is 85.6 Å². The molecule has 1 aromatic heterocycles. The zero-order chi connectivity index (χ0) is 22.9. The van der Waals surface area contributed by atoms with Crippen molar-refractivity contribution >= 4 is 39.8 Å². The number of carbonyl (C=O) groups excluding carboxylic acids is 2. The van der Waals surface area contributed by atoms with Crippen molar-refractivity contribution in [1.82, 2.24) is 4.98 Å². The summed E-state index contributed by atoms with van der Waals surface area (Å²) < 4.78 is 5.34. The SMILES string of the molecule is COc1ccc2cc3c(nc2c1)N(c1ccc(C(=O)Nc2ccc(C(C)=O)cc2)cc1)CC3. The maximum absolute atomic E-state index is 12.7. The number of Topliss-reactive ketones (excluding diaryl/α,β-unsaturated/α-hetero) is 1. The summed E-state index contributed by atoms with van der Waals surface area (Å²) in [5, 5.41) is 3.97. The Morgan fingerprint density at radius 2 is 1.67 bits per heavy atom. The van der Waals surface area contributed by atoms with Gasteiger partial charge in [0.2, 0.25) is 0 Å². The summed E-state index contributed by atoms with van der Waals surface area (Å²) in [7, 11) is 1.65. The lowest BCUT2D eigenvalue weighted by Gasteiger charge is -2.19. The minimum atomic E-state index is -0.199. The van der Waals surface area contributed by atoms with E-state index in [4.69, 9.17) is 9.72 Å². The van der Waals surface area contributed by atoms with Crippen LogP contribution in [0, 0.1) is 0 Å². The van der Waals surface area contributed by atoms with Crippen LogP contribution in [0.4, 0.5) is 17.2 Å². The van der Waals surface area contributed by atoms with Crippen molar-refractivity contribution in [2.75, 3.05) is 23.9 Å². The number of methoxy groups -OCH3 is 1. The van der Waals surface area contributed by atoms with E-state index in [9.17, 15) is 9.59 Å². The molecule has 0 aliphatic carbocycles. The maximum Gasteiger partial charge on any atom is 0.255 e. The summed E-state index contributed by atoms with van der Waals surface area (Å²) in [5.74, 6) is 1.52. The predicted octanol–water partition coefficient (Wildman–Crippen LogP) is 5.39. The molecule has 0 bridgehead atoms. The molecule has 4 aromatic rings. The molecule has 1 amide bonds. The summed E-state index contributed by atoms with van der Waals surface area (Å²) in [6, 6.07) is 22.5. The lowest BCUT2D eigenvalue weighted by molar-refractivity contribution is 0.101. The first-order valence-corrected chi connectivity index (χ1v) is 10.8. The second-order valence-corrected chi connectivity index (χ2v) is 8.07. The first-order chi connectivity index (χ1) is 16.0. The monoisotopic (exact) mass is 437 g/mol. The number of carbonyl (C=O) groups is 2. The zero-order valence-electron chi connectivity index (χ0n) is 18.5. The first-order valence-electron chi connectivity index (χ1n) is 10.8. The largest absolute Gasteiger partial charge is 0.497 e. The molecule has 0 unspecified atom stereocenters. The molecule has 1 N–H and O–H groups in total. The number of nitrogens with one attached hydrogen (secondary N) is 1. The van der Waals surface area contributed by atoms with Crippen LogP contribution < -0.4 is 15.0 Å². The standard InChI is InChI=1S/C27H23N3O3/c1-17(31)18-3-8-22(9-4-18)28-27(32)19-5-10-23(11-6-19)30-14-13-21-15-20-7-12-24(33-2)16-25(20)29-26(21)30/h3-12,15-16H,13-14H2,1-2H3,(H,28,32). The highest BCUT2D eigenvalue weighted by molar-refractivity contribution is 6.05. The smallest absolute Gasteiger partial charge is 0.255 e. The average molecular weight is 437 g/mol. The van der Waals surface area contributed by atoms with Crippen molar-refractivity contribution in [2.45, 2.75) is 13.3 Å². The number of nitrogens with zero attached hydrogens (tertiary/aromatic N) is 2. The molecule has 1 aliphatic rings. The summed E-state index contributed by atoms with van der Waals surface area (Å²) in [5.41, 5.74) is 4.92. The fourth-order valence-corrected chi connectivity index (χ4v) is 4.10. The van der Waals surface area contributed by atoms with Crippen LogP contribution in [0.15, 0.2) is 72.8 Å². The molecule has 1 aliphatic heterocycles. The van der Waals surface area contributed by atoms with Gasteiger partial charge in [-0.2, -0.15) is 0 Å². The number of fused-ring (bicyclic) bond motifs is 2. The van der Waals surface area contributed by atoms with Crippen LogP contribution >= 0.6 is 0 Å². The van der Waals surface area contributed by atoms with Gasteiger partial charge in [0.1, 0.15) is 11.6 Å². The van der Waals surface area contributed by atoms with Crippen LogP contribution in [0.1, 0.15) is 33.2 Å². The van der Waals surface area contributed by atoms with Gasteiger partial charge in [0.25, 0.3) is 5.91 Å². The normalized spacial score (nSPS) is 12.5. The molecule has 33 heavy (non-hydrogen) atoms. The zero-order valence-corrected chi connectivity index (χ0v) is 18.5. The quantitative estimate of drug-likeness (QED) is 0.424. The first kappa shape index (κ1) is 20.7. The third kappa shape index (κ3) is 4.03. The van der Waals surface area contributed by atoms with E-state index in [-0.39, 0.29) is 11.7 Å². The lowest BCUT2D eigenvalue weighted by Crippen LogP contribution is -2.15. The second-order valence-electron chi connectivity index (χ2n) is 8.07. The van der Waals surface area contributed by atoms with Gasteiger partial charge in [0.15, 0.2) is 5.78 Å². The van der Waals surface area contributed by atoms with Crippen molar-refractivity contribution in [2.24, 2.45) is 0 Å². The molecule has 0 saturated carbocycles. The Balaban J connectivity index is 1.35. The van der Waals surface area contributed by atoms with Gasteiger partial charge < -0.3 is 15.0 Å². The minimum Gasteiger partial charge on any atom is -0.497 e. The molecule has 0 saturated heterocycles. The average Bonchev–Trinajstić information content (AvgIpc) is 3.25. The fourth-order valence-electron chi connectivity index (χ4n) is 4.10. The highest BCUT2D eigenvalue weighted by Crippen LogP contribution is 2.35. The van der Waals surface area contributed by atoms with E-state index < -0.39 is 0 Å². The summed E-state index contributed by atoms with van der Waals surface area (Å²) >= 11 is 0. The Hall–Kier alpha value is -4.19. The van der Waals surface area contributed by atoms with E-state index in [0.717, 1.165) is 41.1 Å². The topological polar surface area (TPSA) is 71.5 Å². The Labute approximate surface area is 191 Å². The number of pyridine rings is 1. The van der Waals surface area contributed by atoms with Gasteiger partial charge in [-0.3, -0.25) is 9.59 Å². The van der Waals surface area contributed by atoms with Crippen LogP contribution in [0.2, 0.25) is 0 Å². The molecule has 0 radical (unpaired) electrons. The van der Waals surface area contributed by atoms with E-state index in [0.29, 0.717) is 16.8 Å². The number of rotatable bonds is 5. The molecule has 5 rings (SSSR count). The molecule has 6 heteroatoms. The molecule has 0 atom stereocenters. The summed E-state index contributed by atoms with van der Waals surface area (Å²) in [6.45, 7) is 2.35. The number of benzene rings is 3. The molecule has 3 aromatic carbocycles. The third-order valence-electron chi connectivity index (χ3n) is 5.93. The molecular weight excluding hydrogens is 414 g/mol. The summed E-state index contributed by atoms with van der Waals surface area (Å²) in [4.78, 5) is 31.1. The van der Waals surface area contributed by atoms with Gasteiger partial charge >= 0.3 is 0 Å². The lowest BCUT2D eigenvalue weighted by atomic mass is 10.1. The molecule has 164 valence electrons. The summed E-state index contributed by atoms with van der Waals surface area (Å²) in [6.07, 6.45) is 0.919. The molecular formula is C27H23N3O3. The highest BCUT2D eigenvalue weighted by atomic mass is 16.5. The van der Waals surface area contributed by atoms with Crippen LogP contribution in [-0.2, 0) is 6.42 Å². The molecule has 6 nitrogen and oxygen atoms in total. The maximum atomic E-state index is 12.7. The van der Waals surface area contributed by atoms with Crippen LogP contribution in [-0.4, -0.2) is 30.3 Å². The van der Waals surface area contributed by atoms with E-state index in [1.54, 1.807) is 31.4 Å². The van der Waals surface area contributed by atoms with Crippen molar-refractivity contribution in [3.8, 4) is 5.75 Å².